The van der Waals surface area contributed by atoms with Gasteiger partial charge in [0.05, 0.1) is 18.8 Å². The number of fused-ring (bicyclic) bond motifs is 1. The van der Waals surface area contributed by atoms with Gasteiger partial charge in [-0.25, -0.2) is 9.37 Å². The van der Waals surface area contributed by atoms with E-state index in [0.717, 1.165) is 33.5 Å². The summed E-state index contributed by atoms with van der Waals surface area (Å²) in [6.45, 7) is 3.77. The third-order valence-electron chi connectivity index (χ3n) is 4.67. The molecule has 1 aromatic heterocycles. The first-order chi connectivity index (χ1) is 14.0. The van der Waals surface area contributed by atoms with Gasteiger partial charge in [0.15, 0.2) is 12.8 Å². The number of thiazole rings is 1. The lowest BCUT2D eigenvalue weighted by atomic mass is 10.1. The van der Waals surface area contributed by atoms with Crippen LogP contribution in [0.2, 0.25) is 0 Å². The number of benzene rings is 1. The Labute approximate surface area is 197 Å². The second kappa shape index (κ2) is 11.8. The number of rotatable bonds is 7. The van der Waals surface area contributed by atoms with Gasteiger partial charge in [0.2, 0.25) is 0 Å². The Morgan fingerprint density at radius 2 is 2.27 bits per heavy atom. The molecule has 1 aliphatic heterocycles. The highest BCUT2D eigenvalue weighted by Gasteiger charge is 2.17. The molecule has 1 atom stereocenters. The molecule has 0 radical (unpaired) electrons. The van der Waals surface area contributed by atoms with Crippen LogP contribution >= 0.6 is 35.3 Å². The zero-order valence-electron chi connectivity index (χ0n) is 17.6. The van der Waals surface area contributed by atoms with Crippen molar-refractivity contribution in [3.05, 3.63) is 45.2 Å². The van der Waals surface area contributed by atoms with Gasteiger partial charge in [-0.05, 0) is 31.0 Å². The molecule has 1 N–H and O–H groups in total. The second-order valence-electron chi connectivity index (χ2n) is 6.80. The zero-order chi connectivity index (χ0) is 20.8. The van der Waals surface area contributed by atoms with Gasteiger partial charge in [0.1, 0.15) is 22.7 Å². The van der Waals surface area contributed by atoms with E-state index in [4.69, 9.17) is 14.2 Å². The Hall–Kier alpha value is -1.50. The molecule has 1 aromatic carbocycles. The molecule has 1 aliphatic rings. The molecule has 0 spiro atoms. The SMILES string of the molecule is CN=C(NCCc1cc(F)cc2c1OCOC2)N(C)Cc1csc(C(C)OC)n1.I. The van der Waals surface area contributed by atoms with Gasteiger partial charge < -0.3 is 24.4 Å². The topological polar surface area (TPSA) is 68.2 Å². The van der Waals surface area contributed by atoms with Crippen molar-refractivity contribution in [1.29, 1.82) is 0 Å². The van der Waals surface area contributed by atoms with E-state index < -0.39 is 0 Å². The van der Waals surface area contributed by atoms with Crippen LogP contribution in [0.4, 0.5) is 4.39 Å². The van der Waals surface area contributed by atoms with Crippen LogP contribution in [0, 0.1) is 5.82 Å². The molecule has 30 heavy (non-hydrogen) atoms. The largest absolute Gasteiger partial charge is 0.467 e. The van der Waals surface area contributed by atoms with Crippen molar-refractivity contribution in [2.45, 2.75) is 32.6 Å². The average molecular weight is 550 g/mol. The summed E-state index contributed by atoms with van der Waals surface area (Å²) in [5, 5.41) is 6.31. The minimum Gasteiger partial charge on any atom is -0.467 e. The molecule has 0 saturated heterocycles. The number of aliphatic imine (C=N–C) groups is 1. The van der Waals surface area contributed by atoms with Crippen LogP contribution in [0.25, 0.3) is 0 Å². The highest BCUT2D eigenvalue weighted by atomic mass is 127. The number of hydrogen-bond donors (Lipinski definition) is 1. The standard InChI is InChI=1S/C20H27FN4O3S.HI/c1-13(26-4)19-24-17(11-29-19)9-25(3)20(22-2)23-6-5-14-7-16(21)8-15-10-27-12-28-18(14)15;/h7-8,11,13H,5-6,9-10,12H2,1-4H3,(H,22,23);1H. The lowest BCUT2D eigenvalue weighted by molar-refractivity contribution is -0.0172. The van der Waals surface area contributed by atoms with Crippen LogP contribution in [0.3, 0.4) is 0 Å². The van der Waals surface area contributed by atoms with E-state index in [9.17, 15) is 4.39 Å². The number of hydrogen-bond acceptors (Lipinski definition) is 6. The summed E-state index contributed by atoms with van der Waals surface area (Å²) in [5.74, 6) is 1.19. The summed E-state index contributed by atoms with van der Waals surface area (Å²) >= 11 is 1.59. The monoisotopic (exact) mass is 550 g/mol. The molecule has 10 heteroatoms. The van der Waals surface area contributed by atoms with Crippen LogP contribution in [0.5, 0.6) is 5.75 Å². The predicted octanol–water partition coefficient (Wildman–Crippen LogP) is 3.72. The zero-order valence-corrected chi connectivity index (χ0v) is 20.8. The molecular weight excluding hydrogens is 522 g/mol. The number of guanidine groups is 1. The maximum absolute atomic E-state index is 13.9. The second-order valence-corrected chi connectivity index (χ2v) is 7.69. The normalized spacial score (nSPS) is 14.4. The number of methoxy groups -OCH3 is 1. The van der Waals surface area contributed by atoms with Crippen molar-refractivity contribution in [3.63, 3.8) is 0 Å². The van der Waals surface area contributed by atoms with Crippen molar-refractivity contribution in [2.24, 2.45) is 4.99 Å². The van der Waals surface area contributed by atoms with Gasteiger partial charge in [0.25, 0.3) is 0 Å². The molecule has 3 rings (SSSR count). The molecule has 0 bridgehead atoms. The molecule has 7 nitrogen and oxygen atoms in total. The summed E-state index contributed by atoms with van der Waals surface area (Å²) in [4.78, 5) is 11.0. The summed E-state index contributed by atoms with van der Waals surface area (Å²) < 4.78 is 30.0. The minimum absolute atomic E-state index is 0. The Balaban J connectivity index is 0.00000320. The number of nitrogens with one attached hydrogen (secondary N) is 1. The summed E-state index contributed by atoms with van der Waals surface area (Å²) in [6, 6.07) is 2.98. The number of ether oxygens (including phenoxy) is 3. The number of halogens is 2. The van der Waals surface area contributed by atoms with E-state index in [2.05, 4.69) is 15.3 Å². The van der Waals surface area contributed by atoms with E-state index in [1.54, 1.807) is 25.5 Å². The van der Waals surface area contributed by atoms with Crippen LogP contribution in [0.15, 0.2) is 22.5 Å². The van der Waals surface area contributed by atoms with Gasteiger partial charge in [-0.3, -0.25) is 4.99 Å². The van der Waals surface area contributed by atoms with E-state index in [1.165, 1.54) is 12.1 Å². The van der Waals surface area contributed by atoms with Crippen LogP contribution in [-0.4, -0.2) is 50.4 Å². The van der Waals surface area contributed by atoms with Crippen molar-refractivity contribution >= 4 is 41.3 Å². The van der Waals surface area contributed by atoms with Gasteiger partial charge in [-0.15, -0.1) is 35.3 Å². The molecule has 1 unspecified atom stereocenters. The third-order valence-corrected chi connectivity index (χ3v) is 5.73. The predicted molar refractivity (Wildman–Crippen MR) is 126 cm³/mol. The van der Waals surface area contributed by atoms with E-state index in [0.29, 0.717) is 26.1 Å². The molecule has 0 aliphatic carbocycles. The van der Waals surface area contributed by atoms with Crippen molar-refractivity contribution in [2.75, 3.05) is 34.5 Å². The molecular formula is C20H28FIN4O3S. The molecule has 2 heterocycles. The highest BCUT2D eigenvalue weighted by molar-refractivity contribution is 14.0. The first kappa shape index (κ1) is 24.8. The molecule has 166 valence electrons. The molecule has 0 fully saturated rings. The quantitative estimate of drug-likeness (QED) is 0.322. The van der Waals surface area contributed by atoms with Crippen molar-refractivity contribution < 1.29 is 18.6 Å². The molecule has 0 saturated carbocycles. The maximum Gasteiger partial charge on any atom is 0.193 e. The Bertz CT molecular complexity index is 865. The summed E-state index contributed by atoms with van der Waals surface area (Å²) in [5.41, 5.74) is 2.54. The average Bonchev–Trinajstić information content (AvgIpc) is 3.18. The van der Waals surface area contributed by atoms with Crippen molar-refractivity contribution in [1.82, 2.24) is 15.2 Å². The molecule has 0 amide bonds. The Morgan fingerprint density at radius 3 is 3.00 bits per heavy atom. The van der Waals surface area contributed by atoms with E-state index >= 15 is 0 Å². The van der Waals surface area contributed by atoms with Gasteiger partial charge in [-0.1, -0.05) is 0 Å². The molecule has 2 aromatic rings. The van der Waals surface area contributed by atoms with Crippen LogP contribution in [0.1, 0.15) is 34.9 Å². The first-order valence-corrected chi connectivity index (χ1v) is 10.3. The first-order valence-electron chi connectivity index (χ1n) is 9.42. The maximum atomic E-state index is 13.9. The van der Waals surface area contributed by atoms with Crippen LogP contribution in [-0.2, 0) is 29.0 Å². The van der Waals surface area contributed by atoms with Gasteiger partial charge >= 0.3 is 0 Å². The number of aromatic nitrogens is 1. The fourth-order valence-electron chi connectivity index (χ4n) is 3.14. The summed E-state index contributed by atoms with van der Waals surface area (Å²) in [7, 11) is 5.37. The minimum atomic E-state index is -0.279. The number of nitrogens with zero attached hydrogens (tertiary/aromatic N) is 3. The lowest BCUT2D eigenvalue weighted by Gasteiger charge is -2.23. The van der Waals surface area contributed by atoms with Crippen molar-refractivity contribution in [3.8, 4) is 5.75 Å². The van der Waals surface area contributed by atoms with Crippen LogP contribution < -0.4 is 10.1 Å². The lowest BCUT2D eigenvalue weighted by Crippen LogP contribution is -2.39. The Morgan fingerprint density at radius 1 is 1.47 bits per heavy atom. The van der Waals surface area contributed by atoms with Gasteiger partial charge in [-0.2, -0.15) is 0 Å². The smallest absolute Gasteiger partial charge is 0.193 e. The Kier molecular flexibility index (Phi) is 9.72. The van der Waals surface area contributed by atoms with Gasteiger partial charge in [0, 0.05) is 38.7 Å². The van der Waals surface area contributed by atoms with E-state index in [1.807, 2.05) is 24.3 Å². The summed E-state index contributed by atoms with van der Waals surface area (Å²) in [6.07, 6.45) is 0.598. The van der Waals surface area contributed by atoms with E-state index in [-0.39, 0.29) is 42.7 Å². The fourth-order valence-corrected chi connectivity index (χ4v) is 3.98. The highest BCUT2D eigenvalue weighted by Crippen LogP contribution is 2.29. The third kappa shape index (κ3) is 6.25. The fraction of sp³-hybridized carbons (Fsp3) is 0.500.